The van der Waals surface area contributed by atoms with E-state index in [1.807, 2.05) is 11.8 Å². The molecule has 3 atom stereocenters. The summed E-state index contributed by atoms with van der Waals surface area (Å²) in [6.45, 7) is 2.40. The highest BCUT2D eigenvalue weighted by molar-refractivity contribution is 7.99. The number of hydrogen-bond acceptors (Lipinski definition) is 3. The van der Waals surface area contributed by atoms with E-state index in [-0.39, 0.29) is 6.61 Å². The van der Waals surface area contributed by atoms with Crippen LogP contribution in [-0.2, 0) is 0 Å². The highest BCUT2D eigenvalue weighted by Crippen LogP contribution is 2.27. The van der Waals surface area contributed by atoms with Crippen molar-refractivity contribution in [3.05, 3.63) is 0 Å². The van der Waals surface area contributed by atoms with Crippen LogP contribution in [0.4, 0.5) is 0 Å². The van der Waals surface area contributed by atoms with Gasteiger partial charge < -0.3 is 10.4 Å². The minimum absolute atomic E-state index is 0.272. The molecule has 3 unspecified atom stereocenters. The summed E-state index contributed by atoms with van der Waals surface area (Å²) in [6.07, 6.45) is 8.55. The second-order valence-corrected chi connectivity index (χ2v) is 5.20. The molecule has 0 radical (unpaired) electrons. The Morgan fingerprint density at radius 1 is 1.43 bits per heavy atom. The second-order valence-electron chi connectivity index (χ2n) is 4.12. The molecule has 84 valence electrons. The predicted octanol–water partition coefficient (Wildman–Crippen LogP) is 2.02. The van der Waals surface area contributed by atoms with Gasteiger partial charge >= 0.3 is 0 Å². The molecule has 1 aliphatic carbocycles. The predicted molar refractivity (Wildman–Crippen MR) is 63.9 cm³/mol. The van der Waals surface area contributed by atoms with Gasteiger partial charge in [0.2, 0.25) is 0 Å². The molecule has 2 N–H and O–H groups in total. The lowest BCUT2D eigenvalue weighted by molar-refractivity contribution is 0.217. The van der Waals surface area contributed by atoms with Crippen LogP contribution in [0.15, 0.2) is 0 Å². The van der Waals surface area contributed by atoms with E-state index in [0.29, 0.717) is 12.1 Å². The Hall–Kier alpha value is 0.270. The van der Waals surface area contributed by atoms with Gasteiger partial charge in [0.05, 0.1) is 6.61 Å². The molecule has 0 heterocycles. The van der Waals surface area contributed by atoms with Crippen LogP contribution in [0.3, 0.4) is 0 Å². The van der Waals surface area contributed by atoms with Crippen molar-refractivity contribution in [3.8, 4) is 0 Å². The highest BCUT2D eigenvalue weighted by atomic mass is 32.2. The maximum Gasteiger partial charge on any atom is 0.0584 e. The number of aliphatic hydroxyl groups is 1. The first-order valence-corrected chi connectivity index (χ1v) is 7.00. The Morgan fingerprint density at radius 3 is 2.71 bits per heavy atom. The van der Waals surface area contributed by atoms with Crippen LogP contribution < -0.4 is 5.32 Å². The third-order valence-corrected chi connectivity index (χ3v) is 4.34. The van der Waals surface area contributed by atoms with Crippen LogP contribution in [0, 0.1) is 0 Å². The molecular formula is C11H23NOS. The molecule has 0 aromatic rings. The zero-order chi connectivity index (χ0) is 10.4. The number of nitrogens with one attached hydrogen (secondary N) is 1. The molecule has 1 fully saturated rings. The lowest BCUT2D eigenvalue weighted by atomic mass is 9.94. The molecule has 14 heavy (non-hydrogen) atoms. The van der Waals surface area contributed by atoms with Crippen molar-refractivity contribution in [2.24, 2.45) is 0 Å². The fourth-order valence-electron chi connectivity index (χ4n) is 2.17. The van der Waals surface area contributed by atoms with E-state index < -0.39 is 0 Å². The van der Waals surface area contributed by atoms with E-state index in [2.05, 4.69) is 18.5 Å². The third-order valence-electron chi connectivity index (χ3n) is 3.17. The summed E-state index contributed by atoms with van der Waals surface area (Å²) in [5, 5.41) is 13.5. The fourth-order valence-corrected chi connectivity index (χ4v) is 3.12. The Kier molecular flexibility index (Phi) is 5.90. The largest absolute Gasteiger partial charge is 0.395 e. The van der Waals surface area contributed by atoms with Crippen LogP contribution in [0.5, 0.6) is 0 Å². The van der Waals surface area contributed by atoms with E-state index in [9.17, 15) is 0 Å². The van der Waals surface area contributed by atoms with Gasteiger partial charge in [-0.1, -0.05) is 19.8 Å². The van der Waals surface area contributed by atoms with Gasteiger partial charge in [0, 0.05) is 17.3 Å². The van der Waals surface area contributed by atoms with Crippen molar-refractivity contribution in [2.45, 2.75) is 56.4 Å². The molecule has 0 amide bonds. The summed E-state index contributed by atoms with van der Waals surface area (Å²) in [4.78, 5) is 0. The van der Waals surface area contributed by atoms with Crippen molar-refractivity contribution in [1.29, 1.82) is 0 Å². The standard InChI is InChI=1S/C11H23NOS/c1-3-9(8-13)12-10-6-4-5-7-11(10)14-2/h9-13H,3-8H2,1-2H3. The Labute approximate surface area is 91.9 Å². The number of aliphatic hydroxyl groups excluding tert-OH is 1. The molecule has 0 aromatic heterocycles. The smallest absolute Gasteiger partial charge is 0.0584 e. The maximum absolute atomic E-state index is 9.15. The molecule has 3 heteroatoms. The van der Waals surface area contributed by atoms with Gasteiger partial charge in [0.15, 0.2) is 0 Å². The maximum atomic E-state index is 9.15. The summed E-state index contributed by atoms with van der Waals surface area (Å²) in [6, 6.07) is 0.920. The van der Waals surface area contributed by atoms with Crippen molar-refractivity contribution in [3.63, 3.8) is 0 Å². The first-order chi connectivity index (χ1) is 6.81. The summed E-state index contributed by atoms with van der Waals surface area (Å²) >= 11 is 1.97. The van der Waals surface area contributed by atoms with Crippen LogP contribution in [-0.4, -0.2) is 35.3 Å². The molecule has 1 rings (SSSR count). The van der Waals surface area contributed by atoms with Gasteiger partial charge in [-0.05, 0) is 25.5 Å². The van der Waals surface area contributed by atoms with Gasteiger partial charge in [0.25, 0.3) is 0 Å². The summed E-state index contributed by atoms with van der Waals surface area (Å²) in [5.41, 5.74) is 0. The van der Waals surface area contributed by atoms with Crippen LogP contribution in [0.2, 0.25) is 0 Å². The summed E-state index contributed by atoms with van der Waals surface area (Å²) in [5.74, 6) is 0. The average molecular weight is 217 g/mol. The van der Waals surface area contributed by atoms with Crippen LogP contribution in [0.25, 0.3) is 0 Å². The number of rotatable bonds is 5. The molecule has 2 nitrogen and oxygen atoms in total. The monoisotopic (exact) mass is 217 g/mol. The third kappa shape index (κ3) is 3.44. The van der Waals surface area contributed by atoms with Crippen LogP contribution in [0.1, 0.15) is 39.0 Å². The molecule has 0 bridgehead atoms. The molecule has 0 spiro atoms. The topological polar surface area (TPSA) is 32.3 Å². The molecule has 0 aromatic carbocycles. The zero-order valence-electron chi connectivity index (χ0n) is 9.33. The summed E-state index contributed by atoms with van der Waals surface area (Å²) < 4.78 is 0. The zero-order valence-corrected chi connectivity index (χ0v) is 10.1. The molecule has 0 aliphatic heterocycles. The normalized spacial score (nSPS) is 30.2. The first-order valence-electron chi connectivity index (χ1n) is 5.71. The minimum Gasteiger partial charge on any atom is -0.395 e. The van der Waals surface area contributed by atoms with Crippen molar-refractivity contribution < 1.29 is 5.11 Å². The Bertz CT molecular complexity index is 150. The summed E-state index contributed by atoms with van der Waals surface area (Å²) in [7, 11) is 0. The van der Waals surface area contributed by atoms with E-state index in [1.165, 1.54) is 25.7 Å². The minimum atomic E-state index is 0.272. The fraction of sp³-hybridized carbons (Fsp3) is 1.00. The Morgan fingerprint density at radius 2 is 2.14 bits per heavy atom. The quantitative estimate of drug-likeness (QED) is 0.739. The molecule has 0 saturated heterocycles. The van der Waals surface area contributed by atoms with Gasteiger partial charge in [-0.2, -0.15) is 11.8 Å². The average Bonchev–Trinajstić information content (AvgIpc) is 2.26. The van der Waals surface area contributed by atoms with Crippen molar-refractivity contribution in [2.75, 3.05) is 12.9 Å². The Balaban J connectivity index is 2.39. The van der Waals surface area contributed by atoms with E-state index in [1.54, 1.807) is 0 Å². The highest BCUT2D eigenvalue weighted by Gasteiger charge is 2.25. The van der Waals surface area contributed by atoms with E-state index >= 15 is 0 Å². The van der Waals surface area contributed by atoms with Crippen LogP contribution >= 0.6 is 11.8 Å². The van der Waals surface area contributed by atoms with Gasteiger partial charge in [0.1, 0.15) is 0 Å². The second kappa shape index (κ2) is 6.70. The molecule has 1 saturated carbocycles. The van der Waals surface area contributed by atoms with Gasteiger partial charge in [-0.3, -0.25) is 0 Å². The molecular weight excluding hydrogens is 194 g/mol. The van der Waals surface area contributed by atoms with Crippen molar-refractivity contribution in [1.82, 2.24) is 5.32 Å². The first kappa shape index (κ1) is 12.3. The number of thioether (sulfide) groups is 1. The van der Waals surface area contributed by atoms with Crippen molar-refractivity contribution >= 4 is 11.8 Å². The number of hydrogen-bond donors (Lipinski definition) is 2. The van der Waals surface area contributed by atoms with Gasteiger partial charge in [-0.25, -0.2) is 0 Å². The van der Waals surface area contributed by atoms with E-state index in [0.717, 1.165) is 11.7 Å². The van der Waals surface area contributed by atoms with Gasteiger partial charge in [-0.15, -0.1) is 0 Å². The lowest BCUT2D eigenvalue weighted by Crippen LogP contribution is -2.47. The molecule has 1 aliphatic rings. The van der Waals surface area contributed by atoms with E-state index in [4.69, 9.17) is 5.11 Å². The SMILES string of the molecule is CCC(CO)NC1CCCCC1SC. The lowest BCUT2D eigenvalue weighted by Gasteiger charge is -2.33.